The van der Waals surface area contributed by atoms with Gasteiger partial charge in [-0.25, -0.2) is 0 Å². The van der Waals surface area contributed by atoms with Crippen LogP contribution in [0.3, 0.4) is 0 Å². The lowest BCUT2D eigenvalue weighted by atomic mass is 10.1. The van der Waals surface area contributed by atoms with Crippen molar-refractivity contribution < 1.29 is 9.90 Å². The van der Waals surface area contributed by atoms with Crippen LogP contribution < -0.4 is 11.1 Å². The van der Waals surface area contributed by atoms with Crippen LogP contribution in [0.25, 0.3) is 0 Å². The number of hydrogen-bond acceptors (Lipinski definition) is 4. The first-order valence-electron chi connectivity index (χ1n) is 5.92. The number of nitrogens with one attached hydrogen (secondary N) is 1. The lowest BCUT2D eigenvalue weighted by Gasteiger charge is -2.11. The molecule has 0 radical (unpaired) electrons. The van der Waals surface area contributed by atoms with E-state index in [9.17, 15) is 4.79 Å². The minimum absolute atomic E-state index is 0.130. The molecular formula is C13H20N2O2S. The molecule has 0 aliphatic heterocycles. The van der Waals surface area contributed by atoms with Crippen LogP contribution in [0, 0.1) is 0 Å². The molecule has 4 nitrogen and oxygen atoms in total. The van der Waals surface area contributed by atoms with E-state index in [1.54, 1.807) is 11.8 Å². The summed E-state index contributed by atoms with van der Waals surface area (Å²) in [6, 6.07) is 6.96. The van der Waals surface area contributed by atoms with Crippen molar-refractivity contribution in [2.75, 3.05) is 23.9 Å². The highest BCUT2D eigenvalue weighted by Crippen LogP contribution is 2.11. The Morgan fingerprint density at radius 3 is 2.67 bits per heavy atom. The molecule has 0 fully saturated rings. The van der Waals surface area contributed by atoms with Crippen molar-refractivity contribution in [2.24, 2.45) is 5.73 Å². The lowest BCUT2D eigenvalue weighted by molar-refractivity contribution is -0.117. The van der Waals surface area contributed by atoms with Gasteiger partial charge >= 0.3 is 0 Å². The maximum Gasteiger partial charge on any atom is 0.241 e. The number of hydrogen-bond donors (Lipinski definition) is 3. The van der Waals surface area contributed by atoms with Crippen LogP contribution in [0.1, 0.15) is 12.0 Å². The highest BCUT2D eigenvalue weighted by molar-refractivity contribution is 7.98. The number of thioether (sulfide) groups is 1. The quantitative estimate of drug-likeness (QED) is 0.695. The van der Waals surface area contributed by atoms with E-state index in [-0.39, 0.29) is 12.5 Å². The fraction of sp³-hybridized carbons (Fsp3) is 0.462. The molecule has 100 valence electrons. The maximum atomic E-state index is 11.7. The van der Waals surface area contributed by atoms with E-state index < -0.39 is 6.04 Å². The van der Waals surface area contributed by atoms with Gasteiger partial charge < -0.3 is 16.2 Å². The molecule has 0 saturated heterocycles. The first-order chi connectivity index (χ1) is 8.67. The van der Waals surface area contributed by atoms with Crippen molar-refractivity contribution in [3.63, 3.8) is 0 Å². The summed E-state index contributed by atoms with van der Waals surface area (Å²) >= 11 is 1.68. The van der Waals surface area contributed by atoms with Crippen molar-refractivity contribution in [1.29, 1.82) is 0 Å². The van der Waals surface area contributed by atoms with Gasteiger partial charge in [-0.15, -0.1) is 0 Å². The van der Waals surface area contributed by atoms with E-state index >= 15 is 0 Å². The van der Waals surface area contributed by atoms with Gasteiger partial charge in [-0.2, -0.15) is 11.8 Å². The minimum atomic E-state index is -0.463. The van der Waals surface area contributed by atoms with E-state index in [4.69, 9.17) is 10.8 Å². The van der Waals surface area contributed by atoms with Crippen LogP contribution in [0.2, 0.25) is 0 Å². The molecule has 1 atom stereocenters. The molecule has 1 aromatic carbocycles. The molecule has 1 aromatic rings. The Labute approximate surface area is 112 Å². The number of benzene rings is 1. The van der Waals surface area contributed by atoms with Gasteiger partial charge in [-0.05, 0) is 42.5 Å². The highest BCUT2D eigenvalue weighted by Gasteiger charge is 2.12. The number of nitrogens with two attached hydrogens (primary N) is 1. The number of rotatable bonds is 7. The Hall–Kier alpha value is -1.04. The number of aliphatic hydroxyl groups excluding tert-OH is 1. The van der Waals surface area contributed by atoms with Gasteiger partial charge in [-0.1, -0.05) is 12.1 Å². The molecule has 0 aliphatic rings. The Morgan fingerprint density at radius 1 is 1.44 bits per heavy atom. The van der Waals surface area contributed by atoms with Crippen LogP contribution in [0.15, 0.2) is 24.3 Å². The molecule has 0 bridgehead atoms. The van der Waals surface area contributed by atoms with Gasteiger partial charge in [0.1, 0.15) is 0 Å². The molecule has 0 aliphatic carbocycles. The van der Waals surface area contributed by atoms with Gasteiger partial charge in [0.05, 0.1) is 6.04 Å². The fourth-order valence-electron chi connectivity index (χ4n) is 1.49. The molecule has 1 amide bonds. The summed E-state index contributed by atoms with van der Waals surface area (Å²) < 4.78 is 0. The summed E-state index contributed by atoms with van der Waals surface area (Å²) in [5.74, 6) is 0.725. The SMILES string of the molecule is CSCC[C@@H](N)C(=O)Nc1ccc(CCO)cc1. The average Bonchev–Trinajstić information content (AvgIpc) is 2.38. The number of carbonyl (C=O) groups excluding carboxylic acids is 1. The number of anilines is 1. The third kappa shape index (κ3) is 5.08. The maximum absolute atomic E-state index is 11.7. The second kappa shape index (κ2) is 8.13. The van der Waals surface area contributed by atoms with Crippen molar-refractivity contribution in [3.8, 4) is 0 Å². The van der Waals surface area contributed by atoms with Crippen LogP contribution >= 0.6 is 11.8 Å². The van der Waals surface area contributed by atoms with Gasteiger partial charge in [0, 0.05) is 12.3 Å². The van der Waals surface area contributed by atoms with Crippen molar-refractivity contribution >= 4 is 23.4 Å². The first kappa shape index (κ1) is 15.0. The molecule has 1 rings (SSSR count). The van der Waals surface area contributed by atoms with Crippen molar-refractivity contribution in [3.05, 3.63) is 29.8 Å². The highest BCUT2D eigenvalue weighted by atomic mass is 32.2. The normalized spacial score (nSPS) is 12.2. The predicted molar refractivity (Wildman–Crippen MR) is 76.8 cm³/mol. The van der Waals surface area contributed by atoms with E-state index in [0.29, 0.717) is 12.8 Å². The van der Waals surface area contributed by atoms with Crippen LogP contribution in [-0.2, 0) is 11.2 Å². The molecule has 0 unspecified atom stereocenters. The smallest absolute Gasteiger partial charge is 0.241 e. The topological polar surface area (TPSA) is 75.4 Å². The second-order valence-corrected chi connectivity index (χ2v) is 5.03. The van der Waals surface area contributed by atoms with Crippen LogP contribution in [0.5, 0.6) is 0 Å². The molecule has 0 spiro atoms. The van der Waals surface area contributed by atoms with E-state index in [2.05, 4.69) is 5.32 Å². The molecule has 0 heterocycles. The Balaban J connectivity index is 2.48. The van der Waals surface area contributed by atoms with Gasteiger partial charge in [0.15, 0.2) is 0 Å². The molecule has 0 aromatic heterocycles. The lowest BCUT2D eigenvalue weighted by Crippen LogP contribution is -2.36. The first-order valence-corrected chi connectivity index (χ1v) is 7.32. The molecule has 4 N–H and O–H groups in total. The third-order valence-electron chi connectivity index (χ3n) is 2.59. The van der Waals surface area contributed by atoms with Crippen molar-refractivity contribution in [1.82, 2.24) is 0 Å². The van der Waals surface area contributed by atoms with Gasteiger partial charge in [0.2, 0.25) is 5.91 Å². The fourth-order valence-corrected chi connectivity index (χ4v) is 1.98. The number of amides is 1. The zero-order chi connectivity index (χ0) is 13.4. The summed E-state index contributed by atoms with van der Waals surface area (Å²) in [7, 11) is 0. The summed E-state index contributed by atoms with van der Waals surface area (Å²) in [6.45, 7) is 0.130. The third-order valence-corrected chi connectivity index (χ3v) is 3.24. The van der Waals surface area contributed by atoms with Gasteiger partial charge in [0.25, 0.3) is 0 Å². The Kier molecular flexibility index (Phi) is 6.78. The summed E-state index contributed by atoms with van der Waals surface area (Å²) in [5, 5.41) is 11.6. The number of aliphatic hydroxyl groups is 1. The predicted octanol–water partition coefficient (Wildman–Crippen LogP) is 1.24. The Bertz CT molecular complexity index is 368. The van der Waals surface area contributed by atoms with E-state index in [1.807, 2.05) is 30.5 Å². The zero-order valence-electron chi connectivity index (χ0n) is 10.6. The summed E-state index contributed by atoms with van der Waals surface area (Å²) in [4.78, 5) is 11.7. The second-order valence-electron chi connectivity index (χ2n) is 4.05. The minimum Gasteiger partial charge on any atom is -0.396 e. The largest absolute Gasteiger partial charge is 0.396 e. The summed E-state index contributed by atoms with van der Waals surface area (Å²) in [5.41, 5.74) is 7.55. The monoisotopic (exact) mass is 268 g/mol. The van der Waals surface area contributed by atoms with Crippen LogP contribution in [-0.4, -0.2) is 35.7 Å². The van der Waals surface area contributed by atoms with E-state index in [1.165, 1.54) is 0 Å². The van der Waals surface area contributed by atoms with Gasteiger partial charge in [-0.3, -0.25) is 4.79 Å². The van der Waals surface area contributed by atoms with E-state index in [0.717, 1.165) is 17.0 Å². The number of carbonyl (C=O) groups is 1. The van der Waals surface area contributed by atoms with Crippen molar-refractivity contribution in [2.45, 2.75) is 18.9 Å². The standard InChI is InChI=1S/C13H20N2O2S/c1-18-9-7-12(14)13(17)15-11-4-2-10(3-5-11)6-8-16/h2-5,12,16H,6-9,14H2,1H3,(H,15,17)/t12-/m1/s1. The summed E-state index contributed by atoms with van der Waals surface area (Å²) in [6.07, 6.45) is 3.29. The molecule has 5 heteroatoms. The van der Waals surface area contributed by atoms with Crippen LogP contribution in [0.4, 0.5) is 5.69 Å². The molecular weight excluding hydrogens is 248 g/mol. The Morgan fingerprint density at radius 2 is 2.11 bits per heavy atom. The average molecular weight is 268 g/mol. The molecule has 18 heavy (non-hydrogen) atoms. The molecule has 0 saturated carbocycles. The zero-order valence-corrected chi connectivity index (χ0v) is 11.4.